The van der Waals surface area contributed by atoms with Crippen LogP contribution in [0.5, 0.6) is 11.5 Å². The van der Waals surface area contributed by atoms with Crippen molar-refractivity contribution in [2.45, 2.75) is 26.5 Å². The van der Waals surface area contributed by atoms with Gasteiger partial charge in [0.25, 0.3) is 5.91 Å². The molecule has 6 heteroatoms. The average Bonchev–Trinajstić information content (AvgIpc) is 2.77. The number of benzene rings is 2. The quantitative estimate of drug-likeness (QED) is 0.522. The fraction of sp³-hybridized carbons (Fsp3) is 0.250. The van der Waals surface area contributed by atoms with E-state index in [1.165, 1.54) is 0 Å². The number of aromatic nitrogens is 1. The van der Waals surface area contributed by atoms with Gasteiger partial charge in [-0.1, -0.05) is 43.6 Å². The maximum absolute atomic E-state index is 13.0. The maximum atomic E-state index is 13.0. The topological polar surface area (TPSA) is 60.5 Å². The summed E-state index contributed by atoms with van der Waals surface area (Å²) in [5.74, 6) is 1.09. The molecule has 0 radical (unpaired) electrons. The minimum Gasteiger partial charge on any atom is -0.493 e. The van der Waals surface area contributed by atoms with Crippen molar-refractivity contribution in [3.05, 3.63) is 88.7 Å². The number of halogens is 1. The minimum atomic E-state index is -0.183. The van der Waals surface area contributed by atoms with Crippen LogP contribution in [0, 0.1) is 5.92 Å². The first-order valence-corrected chi connectivity index (χ1v) is 10.1. The number of rotatable bonds is 8. The second kappa shape index (κ2) is 10.1. The van der Waals surface area contributed by atoms with Crippen LogP contribution in [-0.2, 0) is 6.61 Å². The second-order valence-corrected chi connectivity index (χ2v) is 7.70. The van der Waals surface area contributed by atoms with Crippen molar-refractivity contribution >= 4 is 17.5 Å². The van der Waals surface area contributed by atoms with Gasteiger partial charge in [-0.15, -0.1) is 0 Å². The molecule has 0 aliphatic carbocycles. The van der Waals surface area contributed by atoms with Gasteiger partial charge in [0.05, 0.1) is 13.2 Å². The fourth-order valence-corrected chi connectivity index (χ4v) is 3.23. The molecule has 0 saturated heterocycles. The van der Waals surface area contributed by atoms with Crippen LogP contribution < -0.4 is 14.8 Å². The standard InChI is InChI=1S/C24H25ClN2O3/c1-16(2)23(18-6-9-20(25)10-7-18)27-24(28)19-8-11-21(29-3)22(13-19)30-15-17-5-4-12-26-14-17/h4-14,16,23H,15H2,1-3H3,(H,27,28)/t23-/m0/s1. The van der Waals surface area contributed by atoms with E-state index < -0.39 is 0 Å². The van der Waals surface area contributed by atoms with E-state index >= 15 is 0 Å². The van der Waals surface area contributed by atoms with E-state index in [1.807, 2.05) is 36.4 Å². The first kappa shape index (κ1) is 21.7. The zero-order chi connectivity index (χ0) is 21.5. The van der Waals surface area contributed by atoms with Gasteiger partial charge < -0.3 is 14.8 Å². The second-order valence-electron chi connectivity index (χ2n) is 7.26. The Morgan fingerprint density at radius 2 is 1.87 bits per heavy atom. The molecule has 1 amide bonds. The van der Waals surface area contributed by atoms with Gasteiger partial charge in [-0.25, -0.2) is 0 Å². The zero-order valence-corrected chi connectivity index (χ0v) is 18.0. The van der Waals surface area contributed by atoms with Crippen LogP contribution in [0.1, 0.15) is 41.4 Å². The van der Waals surface area contributed by atoms with Gasteiger partial charge in [0, 0.05) is 28.5 Å². The van der Waals surface area contributed by atoms with Crippen molar-refractivity contribution in [1.29, 1.82) is 0 Å². The smallest absolute Gasteiger partial charge is 0.251 e. The van der Waals surface area contributed by atoms with E-state index in [0.717, 1.165) is 11.1 Å². The summed E-state index contributed by atoms with van der Waals surface area (Å²) in [6.45, 7) is 4.46. The van der Waals surface area contributed by atoms with Crippen molar-refractivity contribution < 1.29 is 14.3 Å². The summed E-state index contributed by atoms with van der Waals surface area (Å²) in [6, 6.07) is 16.3. The Morgan fingerprint density at radius 3 is 2.50 bits per heavy atom. The Morgan fingerprint density at radius 1 is 1.10 bits per heavy atom. The monoisotopic (exact) mass is 424 g/mol. The molecule has 0 spiro atoms. The molecule has 0 unspecified atom stereocenters. The van der Waals surface area contributed by atoms with Gasteiger partial charge in [0.1, 0.15) is 6.61 Å². The van der Waals surface area contributed by atoms with Gasteiger partial charge in [-0.3, -0.25) is 9.78 Å². The van der Waals surface area contributed by atoms with Crippen LogP contribution in [-0.4, -0.2) is 18.0 Å². The summed E-state index contributed by atoms with van der Waals surface area (Å²) >= 11 is 6.00. The molecule has 1 N–H and O–H groups in total. The number of pyridine rings is 1. The third kappa shape index (κ3) is 5.51. The number of amides is 1. The lowest BCUT2D eigenvalue weighted by Gasteiger charge is -2.23. The first-order chi connectivity index (χ1) is 14.5. The van der Waals surface area contributed by atoms with Gasteiger partial charge in [-0.2, -0.15) is 0 Å². The van der Waals surface area contributed by atoms with Crippen molar-refractivity contribution in [1.82, 2.24) is 10.3 Å². The van der Waals surface area contributed by atoms with E-state index in [0.29, 0.717) is 28.7 Å². The summed E-state index contributed by atoms with van der Waals surface area (Å²) in [6.07, 6.45) is 3.45. The molecule has 0 bridgehead atoms. The molecule has 3 rings (SSSR count). The van der Waals surface area contributed by atoms with Crippen LogP contribution in [0.4, 0.5) is 0 Å². The number of nitrogens with one attached hydrogen (secondary N) is 1. The van der Waals surface area contributed by atoms with E-state index in [2.05, 4.69) is 24.1 Å². The number of nitrogens with zero attached hydrogens (tertiary/aromatic N) is 1. The lowest BCUT2D eigenvalue weighted by molar-refractivity contribution is 0.0925. The predicted molar refractivity (Wildman–Crippen MR) is 118 cm³/mol. The number of hydrogen-bond donors (Lipinski definition) is 1. The molecule has 5 nitrogen and oxygen atoms in total. The van der Waals surface area contributed by atoms with Gasteiger partial charge >= 0.3 is 0 Å². The van der Waals surface area contributed by atoms with Crippen LogP contribution in [0.15, 0.2) is 67.0 Å². The molecule has 1 atom stereocenters. The van der Waals surface area contributed by atoms with Crippen LogP contribution in [0.2, 0.25) is 5.02 Å². The highest BCUT2D eigenvalue weighted by Gasteiger charge is 2.20. The highest BCUT2D eigenvalue weighted by Crippen LogP contribution is 2.30. The highest BCUT2D eigenvalue weighted by atomic mass is 35.5. The molecular formula is C24H25ClN2O3. The SMILES string of the molecule is COc1ccc(C(=O)N[C@H](c2ccc(Cl)cc2)C(C)C)cc1OCc1cccnc1. The summed E-state index contributed by atoms with van der Waals surface area (Å²) in [4.78, 5) is 17.1. The molecule has 1 heterocycles. The Balaban J connectivity index is 1.78. The lowest BCUT2D eigenvalue weighted by Crippen LogP contribution is -2.31. The molecule has 0 saturated carbocycles. The Bertz CT molecular complexity index is 976. The number of carbonyl (C=O) groups excluding carboxylic acids is 1. The molecule has 3 aromatic rings. The van der Waals surface area contributed by atoms with Crippen LogP contribution in [0.25, 0.3) is 0 Å². The van der Waals surface area contributed by atoms with E-state index in [9.17, 15) is 4.79 Å². The number of carbonyl (C=O) groups is 1. The summed E-state index contributed by atoms with van der Waals surface area (Å²) in [5, 5.41) is 3.78. The Kier molecular flexibility index (Phi) is 7.31. The number of hydrogen-bond acceptors (Lipinski definition) is 4. The first-order valence-electron chi connectivity index (χ1n) is 9.74. The summed E-state index contributed by atoms with van der Waals surface area (Å²) in [7, 11) is 1.57. The van der Waals surface area contributed by atoms with Crippen molar-refractivity contribution in [3.63, 3.8) is 0 Å². The van der Waals surface area contributed by atoms with Crippen LogP contribution in [0.3, 0.4) is 0 Å². The average molecular weight is 425 g/mol. The summed E-state index contributed by atoms with van der Waals surface area (Å²) in [5.41, 5.74) is 2.43. The zero-order valence-electron chi connectivity index (χ0n) is 17.3. The third-order valence-electron chi connectivity index (χ3n) is 4.73. The van der Waals surface area contributed by atoms with E-state index in [-0.39, 0.29) is 17.9 Å². The molecule has 0 fully saturated rings. The Hall–Kier alpha value is -3.05. The van der Waals surface area contributed by atoms with Gasteiger partial charge in [0.15, 0.2) is 11.5 Å². The van der Waals surface area contributed by atoms with Crippen molar-refractivity contribution in [3.8, 4) is 11.5 Å². The largest absolute Gasteiger partial charge is 0.493 e. The fourth-order valence-electron chi connectivity index (χ4n) is 3.10. The molecular weight excluding hydrogens is 400 g/mol. The van der Waals surface area contributed by atoms with Crippen molar-refractivity contribution in [2.75, 3.05) is 7.11 Å². The highest BCUT2D eigenvalue weighted by molar-refractivity contribution is 6.30. The maximum Gasteiger partial charge on any atom is 0.251 e. The normalized spacial score (nSPS) is 11.8. The molecule has 2 aromatic carbocycles. The molecule has 1 aromatic heterocycles. The third-order valence-corrected chi connectivity index (χ3v) is 4.98. The van der Waals surface area contributed by atoms with Crippen LogP contribution >= 0.6 is 11.6 Å². The molecule has 156 valence electrons. The van der Waals surface area contributed by atoms with E-state index in [1.54, 1.807) is 37.7 Å². The van der Waals surface area contributed by atoms with Gasteiger partial charge in [-0.05, 0) is 47.9 Å². The predicted octanol–water partition coefficient (Wildman–Crippen LogP) is 5.45. The molecule has 0 aliphatic rings. The number of methoxy groups -OCH3 is 1. The lowest BCUT2D eigenvalue weighted by atomic mass is 9.95. The Labute approximate surface area is 182 Å². The number of ether oxygens (including phenoxy) is 2. The van der Waals surface area contributed by atoms with Crippen molar-refractivity contribution in [2.24, 2.45) is 5.92 Å². The molecule has 0 aliphatic heterocycles. The summed E-state index contributed by atoms with van der Waals surface area (Å²) < 4.78 is 11.3. The van der Waals surface area contributed by atoms with Gasteiger partial charge in [0.2, 0.25) is 0 Å². The minimum absolute atomic E-state index is 0.142. The molecule has 30 heavy (non-hydrogen) atoms. The van der Waals surface area contributed by atoms with E-state index in [4.69, 9.17) is 21.1 Å².